The summed E-state index contributed by atoms with van der Waals surface area (Å²) in [5.74, 6) is -0.797. The van der Waals surface area contributed by atoms with Crippen molar-refractivity contribution in [3.05, 3.63) is 149 Å². The Morgan fingerprint density at radius 2 is 1.77 bits per heavy atom. The highest BCUT2D eigenvalue weighted by Gasteiger charge is 2.65. The minimum atomic E-state index is -1.49. The van der Waals surface area contributed by atoms with Crippen LogP contribution in [0.25, 0.3) is 0 Å². The number of aliphatic hydroxyl groups is 2. The van der Waals surface area contributed by atoms with E-state index in [4.69, 9.17) is 24.2 Å². The third kappa shape index (κ3) is 10.6. The maximum Gasteiger partial charge on any atom is 0.254 e. The van der Waals surface area contributed by atoms with Gasteiger partial charge in [0, 0.05) is 53.9 Å². The highest BCUT2D eigenvalue weighted by molar-refractivity contribution is 7.99. The first-order valence-corrected chi connectivity index (χ1v) is 23.4. The normalized spacial score (nSPS) is 22.6. The van der Waals surface area contributed by atoms with E-state index >= 15 is 4.79 Å². The number of allylic oxidation sites excluding steroid dienone is 1. The SMILES string of the molecule is C=CCO[C@@]12Oc3ccc(OCCSc4ccccc4)cc3[C@H]3[C@H](CCCCO)[C@@H](CCCCO)C=C(C(=NOCC)C[C@@H]1N(Cc1ccc(F)cc1)C(=O)c1ccc(C#N)cc1)[C@H]32. The number of ether oxygens (including phenoxy) is 3. The van der Waals surface area contributed by atoms with Crippen molar-refractivity contribution in [2.75, 3.05) is 38.8 Å². The Kier molecular flexibility index (Phi) is 16.3. The van der Waals surface area contributed by atoms with Gasteiger partial charge in [-0.15, -0.1) is 18.3 Å². The van der Waals surface area contributed by atoms with Crippen LogP contribution in [0.4, 0.5) is 4.39 Å². The van der Waals surface area contributed by atoms with Crippen molar-refractivity contribution in [1.82, 2.24) is 4.90 Å². The Labute approximate surface area is 380 Å². The van der Waals surface area contributed by atoms with E-state index in [0.717, 1.165) is 42.6 Å². The number of thioether (sulfide) groups is 1. The van der Waals surface area contributed by atoms with Crippen LogP contribution in [0.5, 0.6) is 11.5 Å². The van der Waals surface area contributed by atoms with Gasteiger partial charge in [0.1, 0.15) is 30.0 Å². The molecule has 1 fully saturated rings. The molecule has 1 heterocycles. The molecule has 0 spiro atoms. The molecule has 336 valence electrons. The average Bonchev–Trinajstić information content (AvgIpc) is 3.32. The van der Waals surface area contributed by atoms with Crippen molar-refractivity contribution in [2.45, 2.75) is 81.1 Å². The summed E-state index contributed by atoms with van der Waals surface area (Å²) in [7, 11) is 0. The molecule has 0 aromatic heterocycles. The Balaban J connectivity index is 1.41. The van der Waals surface area contributed by atoms with Gasteiger partial charge in [0.05, 0.1) is 36.5 Å². The maximum atomic E-state index is 15.2. The van der Waals surface area contributed by atoms with Crippen molar-refractivity contribution >= 4 is 23.4 Å². The zero-order valence-electron chi connectivity index (χ0n) is 36.4. The predicted molar refractivity (Wildman–Crippen MR) is 247 cm³/mol. The van der Waals surface area contributed by atoms with Gasteiger partial charge in [0.2, 0.25) is 5.79 Å². The Bertz CT molecular complexity index is 2280. The summed E-state index contributed by atoms with van der Waals surface area (Å²) >= 11 is 1.73. The largest absolute Gasteiger partial charge is 0.493 e. The second-order valence-electron chi connectivity index (χ2n) is 16.4. The van der Waals surface area contributed by atoms with Gasteiger partial charge in [0.25, 0.3) is 5.91 Å². The van der Waals surface area contributed by atoms with Crippen LogP contribution < -0.4 is 9.47 Å². The molecule has 0 unspecified atom stereocenters. The van der Waals surface area contributed by atoms with Crippen LogP contribution in [0, 0.1) is 34.9 Å². The van der Waals surface area contributed by atoms with Crippen molar-refractivity contribution < 1.29 is 38.4 Å². The molecular formula is C52H58FN3O7S. The highest BCUT2D eigenvalue weighted by atomic mass is 32.2. The Hall–Kier alpha value is -5.45. The topological polar surface area (TPSA) is 134 Å². The molecule has 4 aromatic rings. The molecule has 1 saturated carbocycles. The first-order chi connectivity index (χ1) is 31.3. The minimum absolute atomic E-state index is 0.0316. The summed E-state index contributed by atoms with van der Waals surface area (Å²) in [4.78, 5) is 24.0. The number of halogens is 1. The van der Waals surface area contributed by atoms with E-state index in [-0.39, 0.29) is 56.4 Å². The molecule has 4 aromatic carbocycles. The molecule has 1 aliphatic heterocycles. The number of nitrogens with zero attached hydrogens (tertiary/aromatic N) is 3. The van der Waals surface area contributed by atoms with Gasteiger partial charge in [-0.2, -0.15) is 5.26 Å². The quantitative estimate of drug-likeness (QED) is 0.0343. The van der Waals surface area contributed by atoms with Crippen molar-refractivity contribution in [3.8, 4) is 17.6 Å². The van der Waals surface area contributed by atoms with Crippen LogP contribution in [0.3, 0.4) is 0 Å². The number of benzene rings is 4. The van der Waals surface area contributed by atoms with Crippen molar-refractivity contribution in [2.24, 2.45) is 22.9 Å². The van der Waals surface area contributed by atoms with Crippen LogP contribution in [0.1, 0.15) is 84.8 Å². The van der Waals surface area contributed by atoms with E-state index in [1.165, 1.54) is 17.0 Å². The number of hydrogen-bond donors (Lipinski definition) is 2. The lowest BCUT2D eigenvalue weighted by molar-refractivity contribution is -0.255. The van der Waals surface area contributed by atoms with E-state index in [1.54, 1.807) is 59.1 Å². The number of carbonyl (C=O) groups excluding carboxylic acids is 1. The molecule has 0 saturated heterocycles. The standard InChI is InChI=1S/C52H58FN3O7S/c1-3-28-61-52-48(56(35-37-18-22-40(53)23-19-37)51(59)38-20-16-36(34-54)17-21-38)33-46(55-62-4-2)44-31-39(12-8-10-26-57)43(15-9-11-27-58)49(50(44)52)45-32-41(24-25-47(45)63-52)60-29-30-64-42-13-6-5-7-14-42/h3,5-7,13-14,16-25,31-32,39,43,48-50,57-58H,1,4,8-12,15,26-30,33,35H2,2H3/t39-,43+,48-,49+,50+,52+/m0/s1. The van der Waals surface area contributed by atoms with Crippen LogP contribution >= 0.6 is 11.8 Å². The van der Waals surface area contributed by atoms with Gasteiger partial charge in [0.15, 0.2) is 0 Å². The minimum Gasteiger partial charge on any atom is -0.493 e. The fraction of sp³-hybridized carbons (Fsp3) is 0.404. The van der Waals surface area contributed by atoms with Crippen molar-refractivity contribution in [3.63, 3.8) is 0 Å². The van der Waals surface area contributed by atoms with E-state index in [0.29, 0.717) is 60.0 Å². The molecule has 12 heteroatoms. The third-order valence-electron chi connectivity index (χ3n) is 12.5. The summed E-state index contributed by atoms with van der Waals surface area (Å²) in [5.41, 5.74) is 4.04. The number of carbonyl (C=O) groups is 1. The van der Waals surface area contributed by atoms with Gasteiger partial charge < -0.3 is 34.2 Å². The fourth-order valence-electron chi connectivity index (χ4n) is 9.68. The molecular weight excluding hydrogens is 830 g/mol. The van der Waals surface area contributed by atoms with Gasteiger partial charge in [-0.05, 0) is 122 Å². The van der Waals surface area contributed by atoms with Crippen LogP contribution in [-0.4, -0.2) is 77.3 Å². The van der Waals surface area contributed by atoms with Gasteiger partial charge in [-0.3, -0.25) is 4.79 Å². The number of amides is 1. The molecule has 1 amide bonds. The lowest BCUT2D eigenvalue weighted by Crippen LogP contribution is -2.70. The lowest BCUT2D eigenvalue weighted by Gasteiger charge is -2.60. The molecule has 3 aliphatic rings. The molecule has 6 atom stereocenters. The molecule has 2 aliphatic carbocycles. The van der Waals surface area contributed by atoms with E-state index in [9.17, 15) is 19.9 Å². The van der Waals surface area contributed by atoms with Gasteiger partial charge in [-0.1, -0.05) is 60.5 Å². The van der Waals surface area contributed by atoms with E-state index in [2.05, 4.69) is 36.9 Å². The number of aliphatic hydroxyl groups excluding tert-OH is 2. The molecule has 0 radical (unpaired) electrons. The number of rotatable bonds is 22. The number of nitriles is 1. The van der Waals surface area contributed by atoms with Gasteiger partial charge >= 0.3 is 0 Å². The smallest absolute Gasteiger partial charge is 0.254 e. The number of fused-ring (bicyclic) bond motifs is 2. The summed E-state index contributed by atoms with van der Waals surface area (Å²) in [6.07, 6.45) is 8.70. The molecule has 64 heavy (non-hydrogen) atoms. The van der Waals surface area contributed by atoms with E-state index in [1.807, 2.05) is 37.3 Å². The second-order valence-corrected chi connectivity index (χ2v) is 17.6. The maximum absolute atomic E-state index is 15.2. The molecule has 0 bridgehead atoms. The Morgan fingerprint density at radius 1 is 1.02 bits per heavy atom. The summed E-state index contributed by atoms with van der Waals surface area (Å²) < 4.78 is 35.4. The first kappa shape index (κ1) is 46.5. The third-order valence-corrected chi connectivity index (χ3v) is 13.5. The zero-order chi connectivity index (χ0) is 44.9. The monoisotopic (exact) mass is 887 g/mol. The fourth-order valence-corrected chi connectivity index (χ4v) is 10.4. The summed E-state index contributed by atoms with van der Waals surface area (Å²) in [5, 5.41) is 34.3. The number of oxime groups is 1. The summed E-state index contributed by atoms with van der Waals surface area (Å²) in [6.45, 7) is 7.07. The molecule has 10 nitrogen and oxygen atoms in total. The Morgan fingerprint density at radius 3 is 2.47 bits per heavy atom. The predicted octanol–water partition coefficient (Wildman–Crippen LogP) is 9.86. The lowest BCUT2D eigenvalue weighted by atomic mass is 9.55. The average molecular weight is 888 g/mol. The number of hydrogen-bond acceptors (Lipinski definition) is 10. The second kappa shape index (κ2) is 22.4. The van der Waals surface area contributed by atoms with Crippen LogP contribution in [-0.2, 0) is 16.1 Å². The van der Waals surface area contributed by atoms with Crippen LogP contribution in [0.15, 0.2) is 131 Å². The first-order valence-electron chi connectivity index (χ1n) is 22.4. The van der Waals surface area contributed by atoms with E-state index < -0.39 is 23.6 Å². The van der Waals surface area contributed by atoms with Gasteiger partial charge in [-0.25, -0.2) is 4.39 Å². The molecule has 7 rings (SSSR count). The number of unbranched alkanes of at least 4 members (excludes halogenated alkanes) is 2. The molecule has 2 N–H and O–H groups in total. The van der Waals surface area contributed by atoms with Crippen molar-refractivity contribution in [1.29, 1.82) is 5.26 Å². The highest BCUT2D eigenvalue weighted by Crippen LogP contribution is 2.62. The van der Waals surface area contributed by atoms with Crippen LogP contribution in [0.2, 0.25) is 0 Å². The summed E-state index contributed by atoms with van der Waals surface area (Å²) in [6, 6.07) is 30.2. The zero-order valence-corrected chi connectivity index (χ0v) is 37.3.